The monoisotopic (exact) mass is 235 g/mol. The highest BCUT2D eigenvalue weighted by atomic mass is 16.6. The van der Waals surface area contributed by atoms with Crippen LogP contribution in [0.25, 0.3) is 0 Å². The molecule has 4 nitrogen and oxygen atoms in total. The minimum atomic E-state index is -3.58. The van der Waals surface area contributed by atoms with Crippen LogP contribution in [0.3, 0.4) is 0 Å². The Kier molecular flexibility index (Phi) is 0.935. The second kappa shape index (κ2) is 3.47. The molecular formula is C12H19NO3. The van der Waals surface area contributed by atoms with Crippen LogP contribution in [0.2, 0.25) is 0 Å². The van der Waals surface area contributed by atoms with E-state index in [0.717, 1.165) is 0 Å². The molecule has 1 aliphatic heterocycles. The first kappa shape index (κ1) is 4.31. The summed E-state index contributed by atoms with van der Waals surface area (Å²) in [5, 5.41) is 0. The Hall–Kier alpha value is -1.06. The zero-order valence-electron chi connectivity index (χ0n) is 19.2. The third-order valence-corrected chi connectivity index (χ3v) is 1.85. The minimum Gasteiger partial charge on any atom is -0.444 e. The Labute approximate surface area is 110 Å². The second-order valence-electron chi connectivity index (χ2n) is 4.49. The molecule has 90 valence electrons. The topological polar surface area (TPSA) is 46.6 Å². The van der Waals surface area contributed by atoms with Crippen LogP contribution in [0, 0.1) is 5.41 Å². The quantitative estimate of drug-likeness (QED) is 0.645. The van der Waals surface area contributed by atoms with Crippen LogP contribution >= 0.6 is 0 Å². The summed E-state index contributed by atoms with van der Waals surface area (Å²) >= 11 is 0. The standard InChI is InChI=1S/C12H19NO3/c1-11(2,3)16-10(15)13-7-4-9(14)12(8-13)5-6-12/h4-8H2,1-3H3/i4D2,5D2,6D2,7D2,8D2. The lowest BCUT2D eigenvalue weighted by Crippen LogP contribution is -2.47. The average molecular weight is 235 g/mol. The molecule has 0 bridgehead atoms. The number of likely N-dealkylation sites (tertiary alicyclic amines) is 1. The van der Waals surface area contributed by atoms with Gasteiger partial charge < -0.3 is 9.64 Å². The highest BCUT2D eigenvalue weighted by molar-refractivity contribution is 5.89. The molecule has 0 aromatic heterocycles. The van der Waals surface area contributed by atoms with E-state index < -0.39 is 55.0 Å². The fraction of sp³-hybridized carbons (Fsp3) is 0.833. The molecule has 2 aliphatic rings. The fourth-order valence-corrected chi connectivity index (χ4v) is 1.08. The lowest BCUT2D eigenvalue weighted by Gasteiger charge is -2.33. The summed E-state index contributed by atoms with van der Waals surface area (Å²) in [6.07, 6.45) is -11.6. The molecule has 16 heavy (non-hydrogen) atoms. The van der Waals surface area contributed by atoms with E-state index in [9.17, 15) is 9.59 Å². The summed E-state index contributed by atoms with van der Waals surface area (Å²) in [4.78, 5) is 24.8. The molecule has 1 saturated carbocycles. The van der Waals surface area contributed by atoms with Crippen LogP contribution < -0.4 is 0 Å². The third-order valence-electron chi connectivity index (χ3n) is 1.85. The van der Waals surface area contributed by atoms with Crippen molar-refractivity contribution in [2.45, 2.75) is 45.5 Å². The smallest absolute Gasteiger partial charge is 0.410 e. The van der Waals surface area contributed by atoms with Crippen LogP contribution in [0.4, 0.5) is 4.79 Å². The molecule has 1 heterocycles. The summed E-state index contributed by atoms with van der Waals surface area (Å²) in [7, 11) is 0. The van der Waals surface area contributed by atoms with E-state index >= 15 is 0 Å². The highest BCUT2D eigenvalue weighted by Crippen LogP contribution is 2.49. The lowest BCUT2D eigenvalue weighted by molar-refractivity contribution is -0.127. The summed E-state index contributed by atoms with van der Waals surface area (Å²) in [5.74, 6) is -1.91. The first-order valence-electron chi connectivity index (χ1n) is 9.74. The lowest BCUT2D eigenvalue weighted by atomic mass is 9.94. The SMILES string of the molecule is [2H]C1([2H])C(=O)C2(C([2H])([2H])N(C(=O)OC(C)(C)C)C1([2H])[2H])C([2H])([2H])C2([2H])[2H]. The van der Waals surface area contributed by atoms with Gasteiger partial charge in [-0.15, -0.1) is 0 Å². The molecule has 1 aliphatic carbocycles. The fourth-order valence-electron chi connectivity index (χ4n) is 1.08. The van der Waals surface area contributed by atoms with Gasteiger partial charge >= 0.3 is 6.09 Å². The Bertz CT molecular complexity index is 667. The molecule has 0 atom stereocenters. The molecule has 2 rings (SSSR count). The number of piperidine rings is 1. The van der Waals surface area contributed by atoms with Gasteiger partial charge in [0.1, 0.15) is 11.4 Å². The van der Waals surface area contributed by atoms with Gasteiger partial charge in [0.15, 0.2) is 0 Å². The first-order valence-corrected chi connectivity index (χ1v) is 4.74. The molecule has 1 amide bonds. The number of Topliss-reactive ketones (excluding diaryl/α,β-unsaturated/α-hetero) is 1. The van der Waals surface area contributed by atoms with Crippen molar-refractivity contribution in [3.8, 4) is 0 Å². The summed E-state index contributed by atoms with van der Waals surface area (Å²) in [6.45, 7) is -2.90. The molecule has 0 N–H and O–H groups in total. The molecular weight excluding hydrogens is 206 g/mol. The Balaban J connectivity index is 2.76. The van der Waals surface area contributed by atoms with Crippen LogP contribution in [0.5, 0.6) is 0 Å². The molecule has 2 fully saturated rings. The van der Waals surface area contributed by atoms with Crippen molar-refractivity contribution in [2.24, 2.45) is 5.41 Å². The summed E-state index contributed by atoms with van der Waals surface area (Å²) in [6, 6.07) is 0. The number of hydrogen-bond acceptors (Lipinski definition) is 3. The molecule has 4 heteroatoms. The third kappa shape index (κ3) is 2.20. The number of hydrogen-bond donors (Lipinski definition) is 0. The van der Waals surface area contributed by atoms with Crippen molar-refractivity contribution in [3.63, 3.8) is 0 Å². The molecule has 0 aromatic rings. The minimum absolute atomic E-state index is 0.324. The van der Waals surface area contributed by atoms with Gasteiger partial charge in [0.2, 0.25) is 0 Å². The van der Waals surface area contributed by atoms with Gasteiger partial charge in [-0.05, 0) is 33.5 Å². The second-order valence-corrected chi connectivity index (χ2v) is 4.49. The average Bonchev–Trinajstić information content (AvgIpc) is 2.70. The largest absolute Gasteiger partial charge is 0.444 e. The Morgan fingerprint density at radius 2 is 2.12 bits per heavy atom. The van der Waals surface area contributed by atoms with Crippen LogP contribution in [0.15, 0.2) is 0 Å². The van der Waals surface area contributed by atoms with Gasteiger partial charge in [0.05, 0.1) is 2.74 Å². The number of nitrogens with zero attached hydrogens (tertiary/aromatic N) is 1. The maximum Gasteiger partial charge on any atom is 0.410 e. The maximum atomic E-state index is 12.6. The van der Waals surface area contributed by atoms with Gasteiger partial charge in [-0.3, -0.25) is 4.79 Å². The van der Waals surface area contributed by atoms with Crippen LogP contribution in [-0.4, -0.2) is 35.4 Å². The van der Waals surface area contributed by atoms with Gasteiger partial charge in [-0.2, -0.15) is 0 Å². The molecule has 1 spiro atoms. The van der Waals surface area contributed by atoms with E-state index in [2.05, 4.69) is 0 Å². The number of ether oxygens (including phenoxy) is 1. The highest BCUT2D eigenvalue weighted by Gasteiger charge is 2.53. The molecule has 0 radical (unpaired) electrons. The van der Waals surface area contributed by atoms with E-state index in [1.165, 1.54) is 20.8 Å². The van der Waals surface area contributed by atoms with Crippen LogP contribution in [-0.2, 0) is 9.53 Å². The summed E-state index contributed by atoms with van der Waals surface area (Å²) < 4.78 is 83.6. The van der Waals surface area contributed by atoms with E-state index in [0.29, 0.717) is 0 Å². The Morgan fingerprint density at radius 1 is 1.50 bits per heavy atom. The zero-order valence-corrected chi connectivity index (χ0v) is 9.17. The van der Waals surface area contributed by atoms with Crippen LogP contribution in [0.1, 0.15) is 53.6 Å². The molecule has 0 unspecified atom stereocenters. The van der Waals surface area contributed by atoms with Gasteiger partial charge in [-0.1, -0.05) is 0 Å². The maximum absolute atomic E-state index is 12.6. The number of ketones is 1. The predicted molar refractivity (Wildman–Crippen MR) is 59.1 cm³/mol. The Morgan fingerprint density at radius 3 is 2.62 bits per heavy atom. The van der Waals surface area contributed by atoms with E-state index in [1.54, 1.807) is 0 Å². The van der Waals surface area contributed by atoms with E-state index in [1.807, 2.05) is 0 Å². The normalized spacial score (nSPS) is 48.4. The number of rotatable bonds is 0. The van der Waals surface area contributed by atoms with Crippen molar-refractivity contribution in [2.75, 3.05) is 13.0 Å². The van der Waals surface area contributed by atoms with Crippen molar-refractivity contribution < 1.29 is 28.0 Å². The van der Waals surface area contributed by atoms with E-state index in [4.69, 9.17) is 18.4 Å². The summed E-state index contributed by atoms with van der Waals surface area (Å²) in [5.41, 5.74) is -4.47. The van der Waals surface area contributed by atoms with Crippen molar-refractivity contribution in [3.05, 3.63) is 0 Å². The van der Waals surface area contributed by atoms with E-state index in [-0.39, 0.29) is 4.90 Å². The van der Waals surface area contributed by atoms with Crippen molar-refractivity contribution in [1.82, 2.24) is 4.90 Å². The number of carbonyl (C=O) groups is 2. The van der Waals surface area contributed by atoms with Crippen molar-refractivity contribution in [1.29, 1.82) is 0 Å². The van der Waals surface area contributed by atoms with Gasteiger partial charge in [-0.25, -0.2) is 4.79 Å². The first-order chi connectivity index (χ1) is 11.2. The van der Waals surface area contributed by atoms with Gasteiger partial charge in [0.25, 0.3) is 0 Å². The van der Waals surface area contributed by atoms with Gasteiger partial charge in [0, 0.05) is 35.7 Å². The number of carbonyl (C=O) groups excluding carboxylic acids is 2. The predicted octanol–water partition coefficient (Wildman–Crippen LogP) is 1.98. The zero-order chi connectivity index (χ0) is 20.9. The molecule has 1 saturated heterocycles. The molecule has 0 aromatic carbocycles. The van der Waals surface area contributed by atoms with Crippen molar-refractivity contribution >= 4 is 11.9 Å². The number of amides is 1.